The fourth-order valence-corrected chi connectivity index (χ4v) is 3.18. The molecule has 1 unspecified atom stereocenters. The van der Waals surface area contributed by atoms with Crippen molar-refractivity contribution in [1.82, 2.24) is 0 Å². The molecule has 0 saturated carbocycles. The van der Waals surface area contributed by atoms with E-state index in [2.05, 4.69) is 26.0 Å². The van der Waals surface area contributed by atoms with Gasteiger partial charge in [0.25, 0.3) is 0 Å². The molecule has 1 aliphatic heterocycles. The zero-order valence-electron chi connectivity index (χ0n) is 15.7. The molecule has 3 heteroatoms. The Morgan fingerprint density at radius 2 is 1.81 bits per heavy atom. The zero-order valence-corrected chi connectivity index (χ0v) is 15.7. The second-order valence-electron chi connectivity index (χ2n) is 6.82. The molecule has 136 valence electrons. The van der Waals surface area contributed by atoms with Crippen LogP contribution in [0.2, 0.25) is 0 Å². The van der Waals surface area contributed by atoms with Crippen LogP contribution in [0.1, 0.15) is 61.0 Å². The monoisotopic (exact) mass is 350 g/mol. The minimum Gasteiger partial charge on any atom is -0.464 e. The summed E-state index contributed by atoms with van der Waals surface area (Å²) < 4.78 is 11.8. The average molecular weight is 350 g/mol. The maximum Gasteiger partial charge on any atom is 0.200 e. The zero-order chi connectivity index (χ0) is 18.5. The third-order valence-electron chi connectivity index (χ3n) is 4.66. The summed E-state index contributed by atoms with van der Waals surface area (Å²) in [6.45, 7) is 6.88. The van der Waals surface area contributed by atoms with Gasteiger partial charge in [0.1, 0.15) is 5.76 Å². The van der Waals surface area contributed by atoms with Crippen LogP contribution in [0, 0.1) is 0 Å². The highest BCUT2D eigenvalue weighted by Gasteiger charge is 2.28. The highest BCUT2D eigenvalue weighted by molar-refractivity contribution is 6.12. The van der Waals surface area contributed by atoms with Crippen LogP contribution in [-0.2, 0) is 9.47 Å². The van der Waals surface area contributed by atoms with Crippen LogP contribution in [0.4, 0.5) is 0 Å². The third-order valence-corrected chi connectivity index (χ3v) is 4.66. The van der Waals surface area contributed by atoms with E-state index in [9.17, 15) is 4.79 Å². The number of ether oxygens (including phenoxy) is 2. The molecule has 1 atom stereocenters. The van der Waals surface area contributed by atoms with Gasteiger partial charge in [-0.2, -0.15) is 0 Å². The van der Waals surface area contributed by atoms with Crippen molar-refractivity contribution < 1.29 is 14.3 Å². The van der Waals surface area contributed by atoms with Gasteiger partial charge in [-0.05, 0) is 24.8 Å². The summed E-state index contributed by atoms with van der Waals surface area (Å²) in [4.78, 5) is 13.0. The number of ketones is 1. The lowest BCUT2D eigenvalue weighted by atomic mass is 9.93. The highest BCUT2D eigenvalue weighted by atomic mass is 16.7. The van der Waals surface area contributed by atoms with Gasteiger partial charge >= 0.3 is 0 Å². The fraction of sp³-hybridized carbons (Fsp3) is 0.348. The van der Waals surface area contributed by atoms with Crippen molar-refractivity contribution in [2.24, 2.45) is 0 Å². The second-order valence-corrected chi connectivity index (χ2v) is 6.82. The molecule has 3 rings (SSSR count). The molecule has 0 saturated heterocycles. The number of Topliss-reactive ketones (excluding diaryl/α,β-unsaturated/α-hetero) is 1. The summed E-state index contributed by atoms with van der Waals surface area (Å²) >= 11 is 0. The predicted molar refractivity (Wildman–Crippen MR) is 104 cm³/mol. The first-order chi connectivity index (χ1) is 12.6. The maximum absolute atomic E-state index is 13.0. The van der Waals surface area contributed by atoms with E-state index in [-0.39, 0.29) is 12.1 Å². The Balaban J connectivity index is 1.99. The van der Waals surface area contributed by atoms with E-state index in [1.165, 1.54) is 5.56 Å². The normalized spacial score (nSPS) is 17.3. The molecule has 0 aromatic heterocycles. The van der Waals surface area contributed by atoms with Crippen LogP contribution in [0.25, 0.3) is 5.76 Å². The van der Waals surface area contributed by atoms with Crippen LogP contribution in [0.5, 0.6) is 0 Å². The summed E-state index contributed by atoms with van der Waals surface area (Å²) in [7, 11) is 0. The van der Waals surface area contributed by atoms with E-state index in [1.807, 2.05) is 49.4 Å². The first kappa shape index (κ1) is 18.4. The summed E-state index contributed by atoms with van der Waals surface area (Å²) in [5.41, 5.74) is 3.61. The van der Waals surface area contributed by atoms with E-state index >= 15 is 0 Å². The van der Waals surface area contributed by atoms with Gasteiger partial charge in [0.15, 0.2) is 12.1 Å². The molecule has 0 radical (unpaired) electrons. The van der Waals surface area contributed by atoms with Crippen molar-refractivity contribution in [3.05, 3.63) is 76.9 Å². The van der Waals surface area contributed by atoms with Crippen LogP contribution >= 0.6 is 0 Å². The van der Waals surface area contributed by atoms with E-state index in [0.29, 0.717) is 36.7 Å². The summed E-state index contributed by atoms with van der Waals surface area (Å²) in [5.74, 6) is 1.15. The predicted octanol–water partition coefficient (Wildman–Crippen LogP) is 5.58. The standard InChI is InChI=1S/C23H26O3/c1-4-25-21-15-14-20(22(24)18-8-6-5-7-9-18)23(26-21)19-12-10-17(11-13-19)16(2)3/h5-13,16,21H,4,14-15H2,1-3H3. The molecule has 0 amide bonds. The number of carbonyl (C=O) groups is 1. The topological polar surface area (TPSA) is 35.5 Å². The quantitative estimate of drug-likeness (QED) is 0.638. The molecular formula is C23H26O3. The van der Waals surface area contributed by atoms with Gasteiger partial charge in [-0.3, -0.25) is 4.79 Å². The number of allylic oxidation sites excluding steroid dienone is 1. The molecular weight excluding hydrogens is 324 g/mol. The highest BCUT2D eigenvalue weighted by Crippen LogP contribution is 2.34. The van der Waals surface area contributed by atoms with Crippen molar-refractivity contribution in [3.8, 4) is 0 Å². The lowest BCUT2D eigenvalue weighted by molar-refractivity contribution is -0.102. The maximum atomic E-state index is 13.0. The van der Waals surface area contributed by atoms with Crippen molar-refractivity contribution in [2.75, 3.05) is 6.61 Å². The number of carbonyl (C=O) groups excluding carboxylic acids is 1. The SMILES string of the molecule is CCOC1CCC(C(=O)c2ccccc2)=C(c2ccc(C(C)C)cc2)O1. The molecule has 1 aliphatic rings. The Kier molecular flexibility index (Phi) is 5.89. The molecule has 0 bridgehead atoms. The van der Waals surface area contributed by atoms with E-state index < -0.39 is 0 Å². The fourth-order valence-electron chi connectivity index (χ4n) is 3.18. The molecule has 2 aromatic rings. The van der Waals surface area contributed by atoms with Gasteiger partial charge in [-0.25, -0.2) is 0 Å². The Morgan fingerprint density at radius 3 is 2.42 bits per heavy atom. The average Bonchev–Trinajstić information content (AvgIpc) is 2.68. The molecule has 3 nitrogen and oxygen atoms in total. The lowest BCUT2D eigenvalue weighted by Gasteiger charge is -2.28. The minimum absolute atomic E-state index is 0.0310. The molecule has 2 aromatic carbocycles. The lowest BCUT2D eigenvalue weighted by Crippen LogP contribution is -2.24. The molecule has 1 heterocycles. The summed E-state index contributed by atoms with van der Waals surface area (Å²) in [6.07, 6.45) is 1.04. The van der Waals surface area contributed by atoms with Crippen LogP contribution < -0.4 is 0 Å². The Morgan fingerprint density at radius 1 is 1.12 bits per heavy atom. The van der Waals surface area contributed by atoms with Crippen LogP contribution in [-0.4, -0.2) is 18.7 Å². The molecule has 26 heavy (non-hydrogen) atoms. The Hall–Kier alpha value is -2.39. The number of benzene rings is 2. The number of hydrogen-bond acceptors (Lipinski definition) is 3. The molecule has 0 aliphatic carbocycles. The van der Waals surface area contributed by atoms with Crippen LogP contribution in [0.15, 0.2) is 60.2 Å². The van der Waals surface area contributed by atoms with Gasteiger partial charge in [0.2, 0.25) is 0 Å². The van der Waals surface area contributed by atoms with Gasteiger partial charge in [0, 0.05) is 29.7 Å². The number of rotatable bonds is 6. The van der Waals surface area contributed by atoms with Crippen molar-refractivity contribution in [2.45, 2.75) is 45.8 Å². The largest absolute Gasteiger partial charge is 0.464 e. The van der Waals surface area contributed by atoms with Gasteiger partial charge in [0.05, 0.1) is 0 Å². The Labute approximate surface area is 155 Å². The van der Waals surface area contributed by atoms with E-state index in [4.69, 9.17) is 9.47 Å². The molecule has 0 spiro atoms. The summed E-state index contributed by atoms with van der Waals surface area (Å²) in [5, 5.41) is 0. The van der Waals surface area contributed by atoms with E-state index in [0.717, 1.165) is 11.1 Å². The molecule has 0 fully saturated rings. The second kappa shape index (κ2) is 8.33. The summed E-state index contributed by atoms with van der Waals surface area (Å²) in [6, 6.07) is 17.7. The first-order valence-electron chi connectivity index (χ1n) is 9.31. The minimum atomic E-state index is -0.299. The van der Waals surface area contributed by atoms with Gasteiger partial charge < -0.3 is 9.47 Å². The first-order valence-corrected chi connectivity index (χ1v) is 9.31. The Bertz CT molecular complexity index is 773. The van der Waals surface area contributed by atoms with Gasteiger partial charge in [-0.1, -0.05) is 68.4 Å². The number of hydrogen-bond donors (Lipinski definition) is 0. The van der Waals surface area contributed by atoms with Gasteiger partial charge in [-0.15, -0.1) is 0 Å². The van der Waals surface area contributed by atoms with Crippen LogP contribution in [0.3, 0.4) is 0 Å². The smallest absolute Gasteiger partial charge is 0.200 e. The third kappa shape index (κ3) is 4.05. The van der Waals surface area contributed by atoms with Crippen molar-refractivity contribution >= 4 is 11.5 Å². The van der Waals surface area contributed by atoms with Crippen molar-refractivity contribution in [3.63, 3.8) is 0 Å². The van der Waals surface area contributed by atoms with Crippen molar-refractivity contribution in [1.29, 1.82) is 0 Å². The molecule has 0 N–H and O–H groups in total. The van der Waals surface area contributed by atoms with E-state index in [1.54, 1.807) is 0 Å².